The number of nitrogens with zero attached hydrogens (tertiary/aromatic N) is 2. The number of halogens is 1. The van der Waals surface area contributed by atoms with Crippen molar-refractivity contribution in [1.82, 2.24) is 4.98 Å². The van der Waals surface area contributed by atoms with Crippen LogP contribution in [0.4, 0.5) is 10.1 Å². The summed E-state index contributed by atoms with van der Waals surface area (Å²) >= 11 is 1.35. The summed E-state index contributed by atoms with van der Waals surface area (Å²) in [4.78, 5) is 19.3. The maximum atomic E-state index is 13.4. The summed E-state index contributed by atoms with van der Waals surface area (Å²) in [5.74, 6) is 0.146. The van der Waals surface area contributed by atoms with E-state index in [0.717, 1.165) is 22.4 Å². The van der Waals surface area contributed by atoms with E-state index in [1.54, 1.807) is 47.6 Å². The predicted octanol–water partition coefficient (Wildman–Crippen LogP) is 5.53. The highest BCUT2D eigenvalue weighted by Crippen LogP contribution is 2.47. The van der Waals surface area contributed by atoms with Crippen LogP contribution in [0.3, 0.4) is 0 Å². The molecule has 3 aromatic carbocycles. The standard InChI is InChI=1S/C29H25FN2O4S/c1-36-26-15-20(8-13-24(26)33)27-28(37-17-25(34)19-4-9-22(30)10-5-19)29(35)32(27)23-11-6-18(7-12-23)21-3-2-14-31-16-21/h2-16,25,27-28,33-34H,17H2,1H3/t25-,27+,28+/m0/s1. The fourth-order valence-corrected chi connectivity index (χ4v) is 5.74. The van der Waals surface area contributed by atoms with Gasteiger partial charge in [-0.2, -0.15) is 0 Å². The highest BCUT2D eigenvalue weighted by molar-refractivity contribution is 8.00. The number of hydrogen-bond donors (Lipinski definition) is 2. The lowest BCUT2D eigenvalue weighted by atomic mass is 9.91. The van der Waals surface area contributed by atoms with Crippen LogP contribution in [0.5, 0.6) is 11.5 Å². The topological polar surface area (TPSA) is 82.9 Å². The number of phenolic OH excluding ortho intramolecular Hbond substituents is 1. The van der Waals surface area contributed by atoms with E-state index in [2.05, 4.69) is 4.98 Å². The van der Waals surface area contributed by atoms with Crippen LogP contribution in [0.1, 0.15) is 23.3 Å². The molecular formula is C29H25FN2O4S. The number of rotatable bonds is 8. The van der Waals surface area contributed by atoms with Gasteiger partial charge in [-0.15, -0.1) is 11.8 Å². The first kappa shape index (κ1) is 24.8. The third-order valence-electron chi connectivity index (χ3n) is 6.42. The number of carbonyl (C=O) groups excluding carboxylic acids is 1. The highest BCUT2D eigenvalue weighted by atomic mass is 32.2. The molecule has 37 heavy (non-hydrogen) atoms. The van der Waals surface area contributed by atoms with E-state index >= 15 is 0 Å². The molecule has 1 amide bonds. The van der Waals surface area contributed by atoms with Crippen LogP contribution in [0, 0.1) is 5.82 Å². The van der Waals surface area contributed by atoms with E-state index in [9.17, 15) is 19.4 Å². The second-order valence-electron chi connectivity index (χ2n) is 8.69. The van der Waals surface area contributed by atoms with Crippen molar-refractivity contribution < 1.29 is 24.1 Å². The second-order valence-corrected chi connectivity index (χ2v) is 9.87. The zero-order valence-corrected chi connectivity index (χ0v) is 20.8. The lowest BCUT2D eigenvalue weighted by molar-refractivity contribution is -0.123. The van der Waals surface area contributed by atoms with Crippen molar-refractivity contribution in [3.8, 4) is 22.6 Å². The van der Waals surface area contributed by atoms with Gasteiger partial charge < -0.3 is 19.8 Å². The number of aliphatic hydroxyl groups excluding tert-OH is 1. The minimum absolute atomic E-state index is 0.0141. The first-order valence-corrected chi connectivity index (χ1v) is 12.8. The first-order valence-electron chi connectivity index (χ1n) is 11.7. The van der Waals surface area contributed by atoms with Gasteiger partial charge in [-0.05, 0) is 64.7 Å². The molecule has 2 heterocycles. The van der Waals surface area contributed by atoms with Gasteiger partial charge in [0.05, 0.1) is 19.3 Å². The molecule has 1 aromatic heterocycles. The molecule has 0 unspecified atom stereocenters. The Bertz CT molecular complexity index is 1380. The normalized spacial score (nSPS) is 17.8. The van der Waals surface area contributed by atoms with Crippen molar-refractivity contribution in [2.75, 3.05) is 17.8 Å². The molecule has 1 saturated heterocycles. The zero-order valence-electron chi connectivity index (χ0n) is 20.0. The molecule has 0 saturated carbocycles. The lowest BCUT2D eigenvalue weighted by Crippen LogP contribution is -2.57. The fourth-order valence-electron chi connectivity index (χ4n) is 4.44. The van der Waals surface area contributed by atoms with E-state index < -0.39 is 11.4 Å². The number of hydrogen-bond acceptors (Lipinski definition) is 6. The number of benzene rings is 3. The maximum absolute atomic E-state index is 13.4. The molecule has 3 atom stereocenters. The van der Waals surface area contributed by atoms with Gasteiger partial charge in [-0.25, -0.2) is 4.39 Å². The largest absolute Gasteiger partial charge is 0.504 e. The maximum Gasteiger partial charge on any atom is 0.243 e. The van der Waals surface area contributed by atoms with Crippen molar-refractivity contribution in [3.05, 3.63) is 108 Å². The monoisotopic (exact) mass is 516 g/mol. The number of aromatic hydroxyl groups is 1. The number of pyridine rings is 1. The number of aromatic nitrogens is 1. The number of carbonyl (C=O) groups is 1. The SMILES string of the molecule is COc1cc([C@@H]2[C@@H](SC[C@H](O)c3ccc(F)cc3)C(=O)N2c2ccc(-c3cccnc3)cc2)ccc1O. The van der Waals surface area contributed by atoms with Gasteiger partial charge in [0.1, 0.15) is 11.1 Å². The Morgan fingerprint density at radius 3 is 2.49 bits per heavy atom. The van der Waals surface area contributed by atoms with Crippen LogP contribution in [0.2, 0.25) is 0 Å². The van der Waals surface area contributed by atoms with E-state index in [-0.39, 0.29) is 29.3 Å². The molecule has 8 heteroatoms. The van der Waals surface area contributed by atoms with Crippen molar-refractivity contribution in [2.24, 2.45) is 0 Å². The minimum atomic E-state index is -0.846. The van der Waals surface area contributed by atoms with Crippen LogP contribution in [0.25, 0.3) is 11.1 Å². The third kappa shape index (κ3) is 5.03. The number of β-lactam (4-membered cyclic amide) rings is 1. The van der Waals surface area contributed by atoms with Crippen LogP contribution < -0.4 is 9.64 Å². The molecule has 0 aliphatic carbocycles. The van der Waals surface area contributed by atoms with Gasteiger partial charge in [0.25, 0.3) is 0 Å². The number of methoxy groups -OCH3 is 1. The fraction of sp³-hybridized carbons (Fsp3) is 0.172. The average Bonchev–Trinajstić information content (AvgIpc) is 2.93. The zero-order chi connectivity index (χ0) is 25.9. The van der Waals surface area contributed by atoms with E-state index in [1.807, 2.05) is 36.4 Å². The molecule has 2 N–H and O–H groups in total. The summed E-state index contributed by atoms with van der Waals surface area (Å²) in [5.41, 5.74) is 4.10. The summed E-state index contributed by atoms with van der Waals surface area (Å²) in [5, 5.41) is 20.3. The number of thioether (sulfide) groups is 1. The van der Waals surface area contributed by atoms with Crippen molar-refractivity contribution in [3.63, 3.8) is 0 Å². The molecule has 0 radical (unpaired) electrons. The molecule has 1 aliphatic rings. The highest BCUT2D eigenvalue weighted by Gasteiger charge is 2.49. The Labute approximate surface area is 218 Å². The number of ether oxygens (including phenoxy) is 1. The van der Waals surface area contributed by atoms with E-state index in [0.29, 0.717) is 11.3 Å². The van der Waals surface area contributed by atoms with Crippen molar-refractivity contribution in [1.29, 1.82) is 0 Å². The molecule has 6 nitrogen and oxygen atoms in total. The molecule has 5 rings (SSSR count). The van der Waals surface area contributed by atoms with Crippen molar-refractivity contribution in [2.45, 2.75) is 17.4 Å². The molecule has 0 bridgehead atoms. The number of amides is 1. The number of aliphatic hydroxyl groups is 1. The molecule has 188 valence electrons. The van der Waals surface area contributed by atoms with E-state index in [4.69, 9.17) is 4.74 Å². The summed E-state index contributed by atoms with van der Waals surface area (Å²) in [6.07, 6.45) is 2.66. The predicted molar refractivity (Wildman–Crippen MR) is 142 cm³/mol. The molecule has 4 aromatic rings. The Hall–Kier alpha value is -3.88. The average molecular weight is 517 g/mol. The minimum Gasteiger partial charge on any atom is -0.504 e. The quantitative estimate of drug-likeness (QED) is 0.300. The Kier molecular flexibility index (Phi) is 7.12. The van der Waals surface area contributed by atoms with Crippen molar-refractivity contribution >= 4 is 23.4 Å². The third-order valence-corrected chi connectivity index (χ3v) is 7.75. The lowest BCUT2D eigenvalue weighted by Gasteiger charge is -2.47. The van der Waals surface area contributed by atoms with Crippen LogP contribution in [0.15, 0.2) is 91.3 Å². The van der Waals surface area contributed by atoms with Gasteiger partial charge in [-0.1, -0.05) is 36.4 Å². The van der Waals surface area contributed by atoms with Crippen LogP contribution in [-0.2, 0) is 4.79 Å². The number of anilines is 1. The van der Waals surface area contributed by atoms with Gasteiger partial charge in [0, 0.05) is 23.8 Å². The van der Waals surface area contributed by atoms with Gasteiger partial charge in [0.2, 0.25) is 5.91 Å². The molecule has 1 fully saturated rings. The smallest absolute Gasteiger partial charge is 0.243 e. The summed E-state index contributed by atoms with van der Waals surface area (Å²) in [7, 11) is 1.48. The Morgan fingerprint density at radius 2 is 1.81 bits per heavy atom. The van der Waals surface area contributed by atoms with Gasteiger partial charge in [-0.3, -0.25) is 9.78 Å². The Morgan fingerprint density at radius 1 is 1.05 bits per heavy atom. The van der Waals surface area contributed by atoms with Crippen LogP contribution >= 0.6 is 11.8 Å². The summed E-state index contributed by atoms with van der Waals surface area (Å²) < 4.78 is 18.6. The van der Waals surface area contributed by atoms with Gasteiger partial charge in [0.15, 0.2) is 11.5 Å². The summed E-state index contributed by atoms with van der Waals surface area (Å²) in [6.45, 7) is 0. The molecule has 0 spiro atoms. The first-order chi connectivity index (χ1) is 18.0. The second kappa shape index (κ2) is 10.6. The Balaban J connectivity index is 1.41. The molecule has 1 aliphatic heterocycles. The van der Waals surface area contributed by atoms with E-state index in [1.165, 1.54) is 31.0 Å². The number of phenols is 1. The van der Waals surface area contributed by atoms with Gasteiger partial charge >= 0.3 is 0 Å². The van der Waals surface area contributed by atoms with Crippen LogP contribution in [-0.4, -0.2) is 39.2 Å². The molecular weight excluding hydrogens is 491 g/mol. The summed E-state index contributed by atoms with van der Waals surface area (Å²) in [6, 6.07) is 22.0.